The second-order valence-electron chi connectivity index (χ2n) is 4.54. The van der Waals surface area contributed by atoms with Gasteiger partial charge in [-0.05, 0) is 12.0 Å². The Kier molecular flexibility index (Phi) is 4.65. The fourth-order valence-electron chi connectivity index (χ4n) is 2.20. The molecule has 2 rings (SSSR count). The summed E-state index contributed by atoms with van der Waals surface area (Å²) >= 11 is 0. The molecule has 0 aliphatic carbocycles. The first-order valence-corrected chi connectivity index (χ1v) is 6.38. The number of benzene rings is 1. The van der Waals surface area contributed by atoms with Crippen LogP contribution in [-0.2, 0) is 16.0 Å². The Hall–Kier alpha value is -1.72. The molecule has 1 fully saturated rings. The van der Waals surface area contributed by atoms with E-state index < -0.39 is 5.97 Å². The van der Waals surface area contributed by atoms with E-state index in [1.54, 1.807) is 12.1 Å². The minimum absolute atomic E-state index is 0.336. The molecule has 5 heteroatoms. The topological polar surface area (TPSA) is 73.6 Å². The van der Waals surface area contributed by atoms with Crippen molar-refractivity contribution in [3.8, 4) is 0 Å². The SMILES string of the molecule is N=C(C(=O)O)c1ccccc1CCN1CCOCC1. The zero-order valence-corrected chi connectivity index (χ0v) is 10.8. The van der Waals surface area contributed by atoms with E-state index in [0.29, 0.717) is 5.56 Å². The average molecular weight is 262 g/mol. The molecular weight excluding hydrogens is 244 g/mol. The Morgan fingerprint density at radius 1 is 1.32 bits per heavy atom. The molecule has 2 N–H and O–H groups in total. The van der Waals surface area contributed by atoms with Crippen molar-refractivity contribution in [1.29, 1.82) is 5.41 Å². The number of carboxylic acid groups (broad SMARTS) is 1. The number of carboxylic acids is 1. The Labute approximate surface area is 112 Å². The zero-order chi connectivity index (χ0) is 13.7. The molecule has 0 saturated carbocycles. The van der Waals surface area contributed by atoms with Gasteiger partial charge in [0.15, 0.2) is 0 Å². The van der Waals surface area contributed by atoms with E-state index in [2.05, 4.69) is 4.90 Å². The third-order valence-electron chi connectivity index (χ3n) is 3.30. The molecule has 0 aromatic heterocycles. The number of aliphatic carboxylic acids is 1. The van der Waals surface area contributed by atoms with Crippen molar-refractivity contribution in [1.82, 2.24) is 4.90 Å². The number of hydrogen-bond donors (Lipinski definition) is 2. The van der Waals surface area contributed by atoms with Crippen LogP contribution in [0.4, 0.5) is 0 Å². The monoisotopic (exact) mass is 262 g/mol. The Morgan fingerprint density at radius 2 is 2.00 bits per heavy atom. The molecule has 1 saturated heterocycles. The van der Waals surface area contributed by atoms with Crippen LogP contribution in [0.3, 0.4) is 0 Å². The molecule has 0 atom stereocenters. The molecule has 0 unspecified atom stereocenters. The van der Waals surface area contributed by atoms with Gasteiger partial charge in [-0.15, -0.1) is 0 Å². The lowest BCUT2D eigenvalue weighted by molar-refractivity contribution is -0.129. The second-order valence-corrected chi connectivity index (χ2v) is 4.54. The van der Waals surface area contributed by atoms with E-state index in [-0.39, 0.29) is 5.71 Å². The van der Waals surface area contributed by atoms with Crippen LogP contribution < -0.4 is 0 Å². The number of carbonyl (C=O) groups is 1. The van der Waals surface area contributed by atoms with Crippen molar-refractivity contribution in [3.05, 3.63) is 35.4 Å². The lowest BCUT2D eigenvalue weighted by Gasteiger charge is -2.26. The molecule has 1 aliphatic heterocycles. The van der Waals surface area contributed by atoms with Crippen LogP contribution in [-0.4, -0.2) is 54.5 Å². The van der Waals surface area contributed by atoms with E-state index in [4.69, 9.17) is 15.3 Å². The van der Waals surface area contributed by atoms with E-state index in [9.17, 15) is 4.79 Å². The van der Waals surface area contributed by atoms with E-state index >= 15 is 0 Å². The van der Waals surface area contributed by atoms with Gasteiger partial charge in [0.25, 0.3) is 0 Å². The zero-order valence-electron chi connectivity index (χ0n) is 10.8. The standard InChI is InChI=1S/C14H18N2O3/c15-13(14(17)18)12-4-2-1-3-11(12)5-6-16-7-9-19-10-8-16/h1-4,15H,5-10H2,(H,17,18). The predicted octanol–water partition coefficient (Wildman–Crippen LogP) is 1.01. The van der Waals surface area contributed by atoms with Gasteiger partial charge >= 0.3 is 5.97 Å². The molecule has 0 radical (unpaired) electrons. The van der Waals surface area contributed by atoms with Crippen molar-refractivity contribution in [2.45, 2.75) is 6.42 Å². The molecule has 5 nitrogen and oxygen atoms in total. The molecule has 19 heavy (non-hydrogen) atoms. The van der Waals surface area contributed by atoms with E-state index in [1.165, 1.54) is 0 Å². The van der Waals surface area contributed by atoms with Crippen molar-refractivity contribution in [3.63, 3.8) is 0 Å². The number of hydrogen-bond acceptors (Lipinski definition) is 4. The lowest BCUT2D eigenvalue weighted by atomic mass is 10.0. The number of nitrogens with one attached hydrogen (secondary N) is 1. The first kappa shape index (κ1) is 13.7. The van der Waals surface area contributed by atoms with Gasteiger partial charge in [0.1, 0.15) is 5.71 Å². The van der Waals surface area contributed by atoms with Gasteiger partial charge in [0.05, 0.1) is 13.2 Å². The highest BCUT2D eigenvalue weighted by Crippen LogP contribution is 2.12. The fourth-order valence-corrected chi connectivity index (χ4v) is 2.20. The summed E-state index contributed by atoms with van der Waals surface area (Å²) in [6, 6.07) is 7.25. The molecule has 1 aromatic carbocycles. The van der Waals surface area contributed by atoms with Gasteiger partial charge in [-0.1, -0.05) is 24.3 Å². The van der Waals surface area contributed by atoms with Crippen molar-refractivity contribution in [2.75, 3.05) is 32.8 Å². The molecule has 1 aliphatic rings. The van der Waals surface area contributed by atoms with Crippen LogP contribution in [0.15, 0.2) is 24.3 Å². The van der Waals surface area contributed by atoms with Crippen LogP contribution in [0.1, 0.15) is 11.1 Å². The first-order chi connectivity index (χ1) is 9.18. The van der Waals surface area contributed by atoms with Gasteiger partial charge < -0.3 is 9.84 Å². The normalized spacial score (nSPS) is 16.2. The highest BCUT2D eigenvalue weighted by molar-refractivity contribution is 6.41. The Balaban J connectivity index is 2.03. The fraction of sp³-hybridized carbons (Fsp3) is 0.429. The molecule has 102 valence electrons. The van der Waals surface area contributed by atoms with Gasteiger partial charge in [-0.25, -0.2) is 4.79 Å². The molecular formula is C14H18N2O3. The summed E-state index contributed by atoms with van der Waals surface area (Å²) in [5.41, 5.74) is 1.10. The maximum absolute atomic E-state index is 10.9. The summed E-state index contributed by atoms with van der Waals surface area (Å²) in [5.74, 6) is -1.18. The molecule has 1 aromatic rings. The summed E-state index contributed by atoms with van der Waals surface area (Å²) in [6.07, 6.45) is 0.756. The highest BCUT2D eigenvalue weighted by atomic mass is 16.5. The van der Waals surface area contributed by atoms with Crippen LogP contribution >= 0.6 is 0 Å². The minimum Gasteiger partial charge on any atom is -0.477 e. The quantitative estimate of drug-likeness (QED) is 0.777. The average Bonchev–Trinajstić information content (AvgIpc) is 2.45. The summed E-state index contributed by atoms with van der Waals surface area (Å²) < 4.78 is 5.29. The van der Waals surface area contributed by atoms with Crippen LogP contribution in [0.2, 0.25) is 0 Å². The second kappa shape index (κ2) is 6.45. The van der Waals surface area contributed by atoms with E-state index in [0.717, 1.165) is 44.8 Å². The maximum Gasteiger partial charge on any atom is 0.354 e. The molecule has 0 bridgehead atoms. The molecule has 1 heterocycles. The minimum atomic E-state index is -1.18. The summed E-state index contributed by atoms with van der Waals surface area (Å²) in [7, 11) is 0. The Bertz CT molecular complexity index is 468. The predicted molar refractivity (Wildman–Crippen MR) is 71.9 cm³/mol. The first-order valence-electron chi connectivity index (χ1n) is 6.38. The third-order valence-corrected chi connectivity index (χ3v) is 3.30. The van der Waals surface area contributed by atoms with Crippen LogP contribution in [0, 0.1) is 5.41 Å². The molecule has 0 amide bonds. The summed E-state index contributed by atoms with van der Waals surface area (Å²) in [6.45, 7) is 4.21. The maximum atomic E-state index is 10.9. The third kappa shape index (κ3) is 3.62. The van der Waals surface area contributed by atoms with Gasteiger partial charge in [-0.3, -0.25) is 10.3 Å². The van der Waals surface area contributed by atoms with Crippen molar-refractivity contribution in [2.24, 2.45) is 0 Å². The number of morpholine rings is 1. The van der Waals surface area contributed by atoms with E-state index in [1.807, 2.05) is 12.1 Å². The smallest absolute Gasteiger partial charge is 0.354 e. The lowest BCUT2D eigenvalue weighted by Crippen LogP contribution is -2.37. The number of ether oxygens (including phenoxy) is 1. The number of rotatable bonds is 5. The summed E-state index contributed by atoms with van der Waals surface area (Å²) in [4.78, 5) is 13.2. The Morgan fingerprint density at radius 3 is 2.68 bits per heavy atom. The largest absolute Gasteiger partial charge is 0.477 e. The highest BCUT2D eigenvalue weighted by Gasteiger charge is 2.15. The molecule has 0 spiro atoms. The van der Waals surface area contributed by atoms with Crippen molar-refractivity contribution < 1.29 is 14.6 Å². The van der Waals surface area contributed by atoms with Crippen molar-refractivity contribution >= 4 is 11.7 Å². The number of nitrogens with zero attached hydrogens (tertiary/aromatic N) is 1. The van der Waals surface area contributed by atoms with Gasteiger partial charge in [-0.2, -0.15) is 0 Å². The van der Waals surface area contributed by atoms with Gasteiger partial charge in [0, 0.05) is 25.2 Å². The van der Waals surface area contributed by atoms with Crippen LogP contribution in [0.5, 0.6) is 0 Å². The van der Waals surface area contributed by atoms with Gasteiger partial charge in [0.2, 0.25) is 0 Å². The van der Waals surface area contributed by atoms with Crippen LogP contribution in [0.25, 0.3) is 0 Å². The summed E-state index contributed by atoms with van der Waals surface area (Å²) in [5, 5.41) is 16.5.